The van der Waals surface area contributed by atoms with Crippen molar-refractivity contribution in [2.75, 3.05) is 20.7 Å². The van der Waals surface area contributed by atoms with E-state index in [0.29, 0.717) is 22.3 Å². The predicted molar refractivity (Wildman–Crippen MR) is 102 cm³/mol. The van der Waals surface area contributed by atoms with Crippen LogP contribution in [0.5, 0.6) is 0 Å². The number of ether oxygens (including phenoxy) is 1. The van der Waals surface area contributed by atoms with Crippen LogP contribution in [-0.2, 0) is 9.53 Å². The van der Waals surface area contributed by atoms with Gasteiger partial charge in [0.15, 0.2) is 12.3 Å². The second kappa shape index (κ2) is 7.57. The summed E-state index contributed by atoms with van der Waals surface area (Å²) in [4.78, 5) is 30.5. The predicted octanol–water partition coefficient (Wildman–Crippen LogP) is 2.92. The molecule has 0 atom stereocenters. The molecule has 3 rings (SSSR count). The summed E-state index contributed by atoms with van der Waals surface area (Å²) in [5.41, 5.74) is 2.49. The minimum Gasteiger partial charge on any atom is -0.452 e. The van der Waals surface area contributed by atoms with E-state index in [1.54, 1.807) is 31.0 Å². The molecule has 0 bridgehead atoms. The number of hydrogen-bond donors (Lipinski definition) is 0. The fourth-order valence-electron chi connectivity index (χ4n) is 2.66. The number of rotatable bonds is 5. The fraction of sp³-hybridized carbons (Fsp3) is 0.300. The van der Waals surface area contributed by atoms with Crippen molar-refractivity contribution in [3.05, 3.63) is 48.2 Å². The van der Waals surface area contributed by atoms with Crippen molar-refractivity contribution in [3.63, 3.8) is 0 Å². The summed E-state index contributed by atoms with van der Waals surface area (Å²) < 4.78 is 6.99. The first-order valence-electron chi connectivity index (χ1n) is 8.69. The molecule has 0 unspecified atom stereocenters. The van der Waals surface area contributed by atoms with Gasteiger partial charge in [-0.25, -0.2) is 14.5 Å². The van der Waals surface area contributed by atoms with Crippen LogP contribution in [0.4, 0.5) is 0 Å². The van der Waals surface area contributed by atoms with E-state index < -0.39 is 5.97 Å². The number of benzene rings is 1. The molecule has 7 heteroatoms. The molecule has 0 aliphatic carbocycles. The second-order valence-corrected chi connectivity index (χ2v) is 6.71. The normalized spacial score (nSPS) is 11.0. The molecule has 0 saturated carbocycles. The molecule has 27 heavy (non-hydrogen) atoms. The molecule has 0 radical (unpaired) electrons. The Labute approximate surface area is 157 Å². The number of hydrogen-bond acceptors (Lipinski definition) is 5. The van der Waals surface area contributed by atoms with E-state index in [1.165, 1.54) is 4.90 Å². The first-order chi connectivity index (χ1) is 12.9. The van der Waals surface area contributed by atoms with Crippen molar-refractivity contribution in [1.29, 1.82) is 0 Å². The maximum atomic E-state index is 12.7. The third kappa shape index (κ3) is 3.81. The average Bonchev–Trinajstić information content (AvgIpc) is 3.09. The standard InChI is InChI=1S/C20H22N4O3/c1-13(2)24-19-16(11-21-24)15(20(26)27-12-18(25)23(3)4)10-17(22-19)14-8-6-5-7-9-14/h5-11,13H,12H2,1-4H3. The van der Waals surface area contributed by atoms with Crippen LogP contribution in [0, 0.1) is 0 Å². The van der Waals surface area contributed by atoms with Crippen molar-refractivity contribution in [2.45, 2.75) is 19.9 Å². The van der Waals surface area contributed by atoms with E-state index in [-0.39, 0.29) is 18.6 Å². The number of likely N-dealkylation sites (N-methyl/N-ethyl adjacent to an activating group) is 1. The number of amides is 1. The zero-order valence-corrected chi connectivity index (χ0v) is 15.8. The minimum atomic E-state index is -0.571. The van der Waals surface area contributed by atoms with Crippen molar-refractivity contribution in [1.82, 2.24) is 19.7 Å². The quantitative estimate of drug-likeness (QED) is 0.649. The second-order valence-electron chi connectivity index (χ2n) is 6.71. The number of pyridine rings is 1. The van der Waals surface area contributed by atoms with Gasteiger partial charge in [-0.1, -0.05) is 30.3 Å². The molecule has 140 valence electrons. The van der Waals surface area contributed by atoms with Gasteiger partial charge in [0, 0.05) is 25.7 Å². The maximum absolute atomic E-state index is 12.7. The Morgan fingerprint density at radius 1 is 1.19 bits per heavy atom. The summed E-state index contributed by atoms with van der Waals surface area (Å²) in [7, 11) is 3.22. The summed E-state index contributed by atoms with van der Waals surface area (Å²) in [5, 5.41) is 4.97. The van der Waals surface area contributed by atoms with Gasteiger partial charge in [-0.2, -0.15) is 5.10 Å². The maximum Gasteiger partial charge on any atom is 0.339 e. The smallest absolute Gasteiger partial charge is 0.339 e. The Kier molecular flexibility index (Phi) is 5.21. The minimum absolute atomic E-state index is 0.0835. The van der Waals surface area contributed by atoms with Crippen LogP contribution in [0.15, 0.2) is 42.6 Å². The van der Waals surface area contributed by atoms with E-state index in [9.17, 15) is 9.59 Å². The van der Waals surface area contributed by atoms with Gasteiger partial charge < -0.3 is 9.64 Å². The Morgan fingerprint density at radius 2 is 1.89 bits per heavy atom. The Bertz CT molecular complexity index is 978. The summed E-state index contributed by atoms with van der Waals surface area (Å²) in [6, 6.07) is 11.4. The zero-order chi connectivity index (χ0) is 19.6. The Hall–Kier alpha value is -3.22. The number of esters is 1. The molecule has 0 fully saturated rings. The van der Waals surface area contributed by atoms with Crippen molar-refractivity contribution < 1.29 is 14.3 Å². The molecule has 3 aromatic rings. The van der Waals surface area contributed by atoms with E-state index in [2.05, 4.69) is 5.10 Å². The van der Waals surface area contributed by atoms with Crippen LogP contribution in [-0.4, -0.2) is 52.2 Å². The van der Waals surface area contributed by atoms with Gasteiger partial charge in [-0.3, -0.25) is 4.79 Å². The van der Waals surface area contributed by atoms with Gasteiger partial charge in [0.25, 0.3) is 5.91 Å². The molecule has 2 heterocycles. The molecule has 1 amide bonds. The highest BCUT2D eigenvalue weighted by molar-refractivity contribution is 6.04. The lowest BCUT2D eigenvalue weighted by Crippen LogP contribution is -2.27. The Balaban J connectivity index is 2.07. The van der Waals surface area contributed by atoms with Crippen LogP contribution >= 0.6 is 0 Å². The lowest BCUT2D eigenvalue weighted by atomic mass is 10.1. The van der Waals surface area contributed by atoms with Crippen molar-refractivity contribution in [2.24, 2.45) is 0 Å². The van der Waals surface area contributed by atoms with Crippen LogP contribution in [0.3, 0.4) is 0 Å². The highest BCUT2D eigenvalue weighted by Crippen LogP contribution is 2.26. The summed E-state index contributed by atoms with van der Waals surface area (Å²) in [5.74, 6) is -0.854. The first kappa shape index (κ1) is 18.6. The molecule has 0 spiro atoms. The molecule has 0 aliphatic heterocycles. The number of carbonyl (C=O) groups is 2. The summed E-state index contributed by atoms with van der Waals surface area (Å²) in [6.07, 6.45) is 1.61. The molecule has 0 saturated heterocycles. The zero-order valence-electron chi connectivity index (χ0n) is 15.8. The monoisotopic (exact) mass is 366 g/mol. The van der Waals surface area contributed by atoms with E-state index in [4.69, 9.17) is 9.72 Å². The van der Waals surface area contributed by atoms with E-state index in [1.807, 2.05) is 44.2 Å². The third-order valence-corrected chi connectivity index (χ3v) is 4.17. The topological polar surface area (TPSA) is 77.3 Å². The Morgan fingerprint density at radius 3 is 2.52 bits per heavy atom. The van der Waals surface area contributed by atoms with Gasteiger partial charge >= 0.3 is 5.97 Å². The summed E-state index contributed by atoms with van der Waals surface area (Å²) >= 11 is 0. The van der Waals surface area contributed by atoms with Gasteiger partial charge in [-0.15, -0.1) is 0 Å². The van der Waals surface area contributed by atoms with Gasteiger partial charge in [0.2, 0.25) is 0 Å². The van der Waals surface area contributed by atoms with E-state index in [0.717, 1.165) is 5.56 Å². The average molecular weight is 366 g/mol. The molecule has 0 N–H and O–H groups in total. The lowest BCUT2D eigenvalue weighted by molar-refractivity contribution is -0.131. The molecule has 2 aromatic heterocycles. The highest BCUT2D eigenvalue weighted by Gasteiger charge is 2.20. The number of nitrogens with zero attached hydrogens (tertiary/aromatic N) is 4. The van der Waals surface area contributed by atoms with Crippen LogP contribution in [0.25, 0.3) is 22.3 Å². The van der Waals surface area contributed by atoms with Crippen molar-refractivity contribution in [3.8, 4) is 11.3 Å². The first-order valence-corrected chi connectivity index (χ1v) is 8.69. The fourth-order valence-corrected chi connectivity index (χ4v) is 2.66. The number of carbonyl (C=O) groups excluding carboxylic acids is 2. The summed E-state index contributed by atoms with van der Waals surface area (Å²) in [6.45, 7) is 3.68. The van der Waals surface area contributed by atoms with Crippen LogP contribution < -0.4 is 0 Å². The number of fused-ring (bicyclic) bond motifs is 1. The molecule has 1 aromatic carbocycles. The van der Waals surface area contributed by atoms with Gasteiger partial charge in [0.05, 0.1) is 22.8 Å². The lowest BCUT2D eigenvalue weighted by Gasteiger charge is -2.12. The van der Waals surface area contributed by atoms with E-state index >= 15 is 0 Å². The largest absolute Gasteiger partial charge is 0.452 e. The molecular formula is C20H22N4O3. The molecular weight excluding hydrogens is 344 g/mol. The van der Waals surface area contributed by atoms with Crippen LogP contribution in [0.1, 0.15) is 30.2 Å². The van der Waals surface area contributed by atoms with Crippen molar-refractivity contribution >= 4 is 22.9 Å². The SMILES string of the molecule is CC(C)n1ncc2c(C(=O)OCC(=O)N(C)C)cc(-c3ccccc3)nc21. The van der Waals surface area contributed by atoms with Gasteiger partial charge in [-0.05, 0) is 19.9 Å². The highest BCUT2D eigenvalue weighted by atomic mass is 16.5. The third-order valence-electron chi connectivity index (χ3n) is 4.17. The molecule has 0 aliphatic rings. The molecule has 7 nitrogen and oxygen atoms in total. The van der Waals surface area contributed by atoms with Crippen LogP contribution in [0.2, 0.25) is 0 Å². The number of aromatic nitrogens is 3. The van der Waals surface area contributed by atoms with Gasteiger partial charge in [0.1, 0.15) is 0 Å².